The molecule has 1 aliphatic carbocycles. The maximum Gasteiger partial charge on any atom is 0.222 e. The van der Waals surface area contributed by atoms with Crippen molar-refractivity contribution in [3.05, 3.63) is 18.0 Å². The molecule has 0 aromatic carbocycles. The van der Waals surface area contributed by atoms with E-state index < -0.39 is 0 Å². The highest BCUT2D eigenvalue weighted by Gasteiger charge is 2.19. The molecule has 0 radical (unpaired) electrons. The first-order valence-corrected chi connectivity index (χ1v) is 10.5. The molecule has 6 heteroatoms. The van der Waals surface area contributed by atoms with E-state index >= 15 is 0 Å². The van der Waals surface area contributed by atoms with Crippen LogP contribution in [0.1, 0.15) is 57.9 Å². The smallest absolute Gasteiger partial charge is 0.222 e. The summed E-state index contributed by atoms with van der Waals surface area (Å²) in [5, 5.41) is 9.80. The minimum absolute atomic E-state index is 0.343. The Labute approximate surface area is 166 Å². The number of H-pyrrole nitrogens is 1. The van der Waals surface area contributed by atoms with Gasteiger partial charge in [-0.3, -0.25) is 9.89 Å². The van der Waals surface area contributed by atoms with Gasteiger partial charge in [-0.25, -0.2) is 0 Å². The van der Waals surface area contributed by atoms with Gasteiger partial charge in [0.2, 0.25) is 5.91 Å². The van der Waals surface area contributed by atoms with Crippen molar-refractivity contribution in [1.29, 1.82) is 0 Å². The molecule has 2 N–H and O–H groups in total. The van der Waals surface area contributed by atoms with Gasteiger partial charge in [0.15, 0.2) is 0 Å². The van der Waals surface area contributed by atoms with Crippen LogP contribution in [0.25, 0.3) is 0 Å². The maximum atomic E-state index is 11.9. The molecule has 0 atom stereocenters. The van der Waals surface area contributed by atoms with Crippen molar-refractivity contribution in [3.8, 4) is 0 Å². The van der Waals surface area contributed by atoms with Gasteiger partial charge in [0, 0.05) is 51.4 Å². The summed E-state index contributed by atoms with van der Waals surface area (Å²) in [5.41, 5.74) is 1.23. The second-order valence-electron chi connectivity index (χ2n) is 8.32. The van der Waals surface area contributed by atoms with Crippen molar-refractivity contribution in [1.82, 2.24) is 25.3 Å². The van der Waals surface area contributed by atoms with Gasteiger partial charge < -0.3 is 15.1 Å². The topological polar surface area (TPSA) is 64.3 Å². The molecular formula is C21H41N5O. The van der Waals surface area contributed by atoms with Crippen LogP contribution in [0.15, 0.2) is 12.4 Å². The highest BCUT2D eigenvalue weighted by Crippen LogP contribution is 2.26. The first-order chi connectivity index (χ1) is 12.9. The van der Waals surface area contributed by atoms with E-state index in [-0.39, 0.29) is 0 Å². The summed E-state index contributed by atoms with van der Waals surface area (Å²) in [4.78, 5) is 16.0. The molecule has 0 unspecified atom stereocenters. The molecule has 1 heterocycles. The van der Waals surface area contributed by atoms with Crippen LogP contribution in [-0.4, -0.2) is 66.7 Å². The number of rotatable bonds is 9. The molecule has 6 nitrogen and oxygen atoms in total. The van der Waals surface area contributed by atoms with Gasteiger partial charge >= 0.3 is 0 Å². The summed E-state index contributed by atoms with van der Waals surface area (Å²) in [6.07, 6.45) is 11.1. The van der Waals surface area contributed by atoms with E-state index in [4.69, 9.17) is 0 Å². The summed E-state index contributed by atoms with van der Waals surface area (Å²) in [7, 11) is 6.00. The summed E-state index contributed by atoms with van der Waals surface area (Å²) in [5.74, 6) is 1.58. The van der Waals surface area contributed by atoms with Gasteiger partial charge in [0.1, 0.15) is 0 Å². The second kappa shape index (κ2) is 13.7. The van der Waals surface area contributed by atoms with Crippen LogP contribution in [0.3, 0.4) is 0 Å². The summed E-state index contributed by atoms with van der Waals surface area (Å²) >= 11 is 0. The Morgan fingerprint density at radius 2 is 2.00 bits per heavy atom. The quantitative estimate of drug-likeness (QED) is 0.692. The van der Waals surface area contributed by atoms with E-state index in [0.717, 1.165) is 32.6 Å². The number of likely N-dealkylation sites (N-methyl/N-ethyl adjacent to an activating group) is 2. The average Bonchev–Trinajstić information content (AvgIpc) is 3.13. The number of nitrogens with zero attached hydrogens (tertiary/aromatic N) is 3. The summed E-state index contributed by atoms with van der Waals surface area (Å²) < 4.78 is 0. The van der Waals surface area contributed by atoms with Crippen LogP contribution in [0.5, 0.6) is 0 Å². The van der Waals surface area contributed by atoms with Gasteiger partial charge in [-0.05, 0) is 38.8 Å². The molecule has 0 saturated heterocycles. The molecular weight excluding hydrogens is 338 g/mol. The zero-order valence-electron chi connectivity index (χ0n) is 18.1. The first-order valence-electron chi connectivity index (χ1n) is 10.5. The van der Waals surface area contributed by atoms with E-state index in [2.05, 4.69) is 41.3 Å². The zero-order valence-corrected chi connectivity index (χ0v) is 18.1. The number of hydrogen-bond acceptors (Lipinski definition) is 4. The van der Waals surface area contributed by atoms with Crippen molar-refractivity contribution in [3.63, 3.8) is 0 Å². The molecule has 0 spiro atoms. The molecule has 1 aromatic heterocycles. The van der Waals surface area contributed by atoms with E-state index in [1.54, 1.807) is 0 Å². The molecule has 2 rings (SSSR count). The number of nitrogens with one attached hydrogen (secondary N) is 2. The van der Waals surface area contributed by atoms with Gasteiger partial charge in [-0.1, -0.05) is 33.1 Å². The Kier molecular flexibility index (Phi) is 12.0. The van der Waals surface area contributed by atoms with Gasteiger partial charge in [0.05, 0.1) is 6.20 Å². The van der Waals surface area contributed by atoms with Gasteiger partial charge in [-0.15, -0.1) is 0 Å². The number of aromatic nitrogens is 2. The molecule has 1 amide bonds. The SMILES string of the molecule is CC(C)CN(C)C(=O)CC1CCCCC1.CNCCN(C)Cc1cn[nH]c1. The molecule has 1 saturated carbocycles. The monoisotopic (exact) mass is 379 g/mol. The van der Waals surface area contributed by atoms with Crippen LogP contribution in [0.2, 0.25) is 0 Å². The molecule has 156 valence electrons. The summed E-state index contributed by atoms with van der Waals surface area (Å²) in [6.45, 7) is 8.24. The number of carbonyl (C=O) groups is 1. The standard InChI is InChI=1S/C13H25NO.C8H16N4/c1-11(2)10-14(3)13(15)9-12-7-5-4-6-8-12;1-9-3-4-12(2)7-8-5-10-11-6-8/h11-12H,4-10H2,1-3H3;5-6,9H,3-4,7H2,1-2H3,(H,10,11). The molecule has 1 aliphatic rings. The molecule has 1 aromatic rings. The lowest BCUT2D eigenvalue weighted by atomic mass is 9.86. The van der Waals surface area contributed by atoms with Crippen LogP contribution >= 0.6 is 0 Å². The Morgan fingerprint density at radius 1 is 1.30 bits per heavy atom. The highest BCUT2D eigenvalue weighted by molar-refractivity contribution is 5.76. The number of carbonyl (C=O) groups excluding carboxylic acids is 1. The van der Waals surface area contributed by atoms with Crippen molar-refractivity contribution in [2.24, 2.45) is 11.8 Å². The third-order valence-electron chi connectivity index (χ3n) is 5.00. The molecule has 0 bridgehead atoms. The predicted molar refractivity (Wildman–Crippen MR) is 113 cm³/mol. The van der Waals surface area contributed by atoms with Gasteiger partial charge in [-0.2, -0.15) is 5.10 Å². The highest BCUT2D eigenvalue weighted by atomic mass is 16.2. The Morgan fingerprint density at radius 3 is 2.56 bits per heavy atom. The second-order valence-corrected chi connectivity index (χ2v) is 8.32. The minimum atomic E-state index is 0.343. The van der Waals surface area contributed by atoms with Crippen LogP contribution in [0.4, 0.5) is 0 Å². The molecule has 0 aliphatic heterocycles. The minimum Gasteiger partial charge on any atom is -0.345 e. The number of hydrogen-bond donors (Lipinski definition) is 2. The van der Waals surface area contributed by atoms with E-state index in [0.29, 0.717) is 17.7 Å². The largest absolute Gasteiger partial charge is 0.345 e. The molecule has 1 fully saturated rings. The van der Waals surface area contributed by atoms with Crippen LogP contribution in [-0.2, 0) is 11.3 Å². The lowest BCUT2D eigenvalue weighted by molar-refractivity contribution is -0.131. The van der Waals surface area contributed by atoms with Crippen LogP contribution < -0.4 is 5.32 Å². The van der Waals surface area contributed by atoms with Crippen LogP contribution in [0, 0.1) is 11.8 Å². The fourth-order valence-electron chi connectivity index (χ4n) is 3.50. The summed E-state index contributed by atoms with van der Waals surface area (Å²) in [6, 6.07) is 0. The lowest BCUT2D eigenvalue weighted by Crippen LogP contribution is -2.31. The predicted octanol–water partition coefficient (Wildman–Crippen LogP) is 3.13. The normalized spacial score (nSPS) is 14.9. The van der Waals surface area contributed by atoms with Crippen molar-refractivity contribution in [2.75, 3.05) is 40.8 Å². The third-order valence-corrected chi connectivity index (χ3v) is 5.00. The maximum absolute atomic E-state index is 11.9. The first kappa shape index (κ1) is 23.6. The lowest BCUT2D eigenvalue weighted by Gasteiger charge is -2.25. The Bertz CT molecular complexity index is 483. The number of amides is 1. The average molecular weight is 380 g/mol. The van der Waals surface area contributed by atoms with E-state index in [1.807, 2.05) is 31.4 Å². The third kappa shape index (κ3) is 11.1. The van der Waals surface area contributed by atoms with E-state index in [1.165, 1.54) is 37.7 Å². The van der Waals surface area contributed by atoms with Crippen molar-refractivity contribution in [2.45, 2.75) is 58.9 Å². The van der Waals surface area contributed by atoms with E-state index in [9.17, 15) is 4.79 Å². The van der Waals surface area contributed by atoms with Gasteiger partial charge in [0.25, 0.3) is 0 Å². The number of aromatic amines is 1. The zero-order chi connectivity index (χ0) is 20.1. The van der Waals surface area contributed by atoms with Crippen molar-refractivity contribution >= 4 is 5.91 Å². The molecule has 27 heavy (non-hydrogen) atoms. The fourth-order valence-corrected chi connectivity index (χ4v) is 3.50. The Balaban J connectivity index is 0.000000277. The Hall–Kier alpha value is -1.40. The fraction of sp³-hybridized carbons (Fsp3) is 0.810. The van der Waals surface area contributed by atoms with Crippen molar-refractivity contribution < 1.29 is 4.79 Å².